The molecule has 0 aliphatic carbocycles. The molecule has 3 aromatic rings. The first-order valence-corrected chi connectivity index (χ1v) is 7.09. The number of aliphatic hydroxyl groups is 1. The molecule has 2 aromatic heterocycles. The number of benzene rings is 1. The molecule has 2 heterocycles. The maximum absolute atomic E-state index is 10.4. The molecule has 3 nitrogen and oxygen atoms in total. The summed E-state index contributed by atoms with van der Waals surface area (Å²) in [6, 6.07) is 13.4. The van der Waals surface area contributed by atoms with Crippen molar-refractivity contribution in [3.05, 3.63) is 70.1 Å². The summed E-state index contributed by atoms with van der Waals surface area (Å²) in [7, 11) is 0. The maximum Gasteiger partial charge on any atom is 0.121 e. The van der Waals surface area contributed by atoms with Gasteiger partial charge in [-0.15, -0.1) is 0 Å². The second-order valence-electron chi connectivity index (χ2n) is 4.71. The normalized spacial score (nSPS) is 12.6. The monoisotopic (exact) mass is 328 g/mol. The molecule has 4 heteroatoms. The molecule has 1 N–H and O–H groups in total. The molecule has 0 radical (unpaired) electrons. The van der Waals surface area contributed by atoms with Crippen molar-refractivity contribution in [2.75, 3.05) is 0 Å². The van der Waals surface area contributed by atoms with E-state index in [9.17, 15) is 5.11 Å². The number of aliphatic hydroxyl groups excluding tert-OH is 1. The first-order valence-electron chi connectivity index (χ1n) is 6.30. The van der Waals surface area contributed by atoms with Crippen LogP contribution in [-0.4, -0.2) is 15.1 Å². The summed E-state index contributed by atoms with van der Waals surface area (Å²) in [5.41, 5.74) is 3.37. The van der Waals surface area contributed by atoms with Gasteiger partial charge in [-0.1, -0.05) is 12.1 Å². The molecule has 1 aromatic carbocycles. The van der Waals surface area contributed by atoms with E-state index >= 15 is 0 Å². The lowest BCUT2D eigenvalue weighted by Crippen LogP contribution is -2.02. The Balaban J connectivity index is 2.01. The predicted octanol–water partition coefficient (Wildman–Crippen LogP) is 3.78. The van der Waals surface area contributed by atoms with Crippen LogP contribution in [0.4, 0.5) is 0 Å². The Hall–Kier alpha value is -1.78. The third kappa shape index (κ3) is 2.57. The Bertz CT molecular complexity index is 756. The van der Waals surface area contributed by atoms with Crippen LogP contribution in [-0.2, 0) is 0 Å². The van der Waals surface area contributed by atoms with Crippen LogP contribution in [0.2, 0.25) is 0 Å². The van der Waals surface area contributed by atoms with Crippen molar-refractivity contribution in [1.82, 2.24) is 9.97 Å². The van der Waals surface area contributed by atoms with Crippen LogP contribution in [0.15, 0.2) is 53.1 Å². The summed E-state index contributed by atoms with van der Waals surface area (Å²) in [6.45, 7) is 1.97. The summed E-state index contributed by atoms with van der Waals surface area (Å²) in [5.74, 6) is 0. The third-order valence-corrected chi connectivity index (χ3v) is 3.67. The molecule has 0 spiro atoms. The van der Waals surface area contributed by atoms with Crippen LogP contribution < -0.4 is 0 Å². The minimum Gasteiger partial charge on any atom is -0.382 e. The van der Waals surface area contributed by atoms with E-state index in [1.807, 2.05) is 49.4 Å². The van der Waals surface area contributed by atoms with Crippen LogP contribution in [0.1, 0.15) is 23.1 Å². The van der Waals surface area contributed by atoms with Crippen LogP contribution in [0.5, 0.6) is 0 Å². The van der Waals surface area contributed by atoms with Crippen LogP contribution >= 0.6 is 15.9 Å². The summed E-state index contributed by atoms with van der Waals surface area (Å²) < 4.78 is 0.895. The van der Waals surface area contributed by atoms with Gasteiger partial charge in [-0.2, -0.15) is 0 Å². The summed E-state index contributed by atoms with van der Waals surface area (Å²) >= 11 is 3.34. The molecular formula is C16H13BrN2O. The van der Waals surface area contributed by atoms with Crippen molar-refractivity contribution in [3.8, 4) is 0 Å². The number of aryl methyl sites for hydroxylation is 1. The van der Waals surface area contributed by atoms with Gasteiger partial charge in [0.2, 0.25) is 0 Å². The van der Waals surface area contributed by atoms with E-state index < -0.39 is 6.10 Å². The lowest BCUT2D eigenvalue weighted by molar-refractivity contribution is 0.215. The van der Waals surface area contributed by atoms with Gasteiger partial charge in [0.25, 0.3) is 0 Å². The highest BCUT2D eigenvalue weighted by Gasteiger charge is 2.12. The first-order chi connectivity index (χ1) is 9.63. The van der Waals surface area contributed by atoms with E-state index in [1.165, 1.54) is 0 Å². The minimum atomic E-state index is -0.728. The van der Waals surface area contributed by atoms with Gasteiger partial charge in [0, 0.05) is 21.7 Å². The van der Waals surface area contributed by atoms with E-state index in [2.05, 4.69) is 25.9 Å². The van der Waals surface area contributed by atoms with Gasteiger partial charge in [-0.3, -0.25) is 9.97 Å². The SMILES string of the molecule is Cc1ccc2cc(C(O)c3ccc(Br)cn3)ccc2n1. The Morgan fingerprint density at radius 2 is 1.95 bits per heavy atom. The Labute approximate surface area is 125 Å². The minimum absolute atomic E-state index is 0.632. The zero-order chi connectivity index (χ0) is 14.1. The summed E-state index contributed by atoms with van der Waals surface area (Å²) in [4.78, 5) is 8.69. The molecule has 1 atom stereocenters. The van der Waals surface area contributed by atoms with E-state index in [0.717, 1.165) is 26.6 Å². The van der Waals surface area contributed by atoms with E-state index in [4.69, 9.17) is 0 Å². The van der Waals surface area contributed by atoms with Gasteiger partial charge in [0.1, 0.15) is 6.10 Å². The fraction of sp³-hybridized carbons (Fsp3) is 0.125. The van der Waals surface area contributed by atoms with Crippen molar-refractivity contribution in [1.29, 1.82) is 0 Å². The molecule has 3 rings (SSSR count). The van der Waals surface area contributed by atoms with E-state index in [1.54, 1.807) is 6.20 Å². The van der Waals surface area contributed by atoms with Crippen LogP contribution in [0, 0.1) is 6.92 Å². The number of rotatable bonds is 2. The molecular weight excluding hydrogens is 316 g/mol. The lowest BCUT2D eigenvalue weighted by Gasteiger charge is -2.11. The number of pyridine rings is 2. The average Bonchev–Trinajstić information content (AvgIpc) is 2.47. The van der Waals surface area contributed by atoms with Gasteiger partial charge in [0.05, 0.1) is 11.2 Å². The topological polar surface area (TPSA) is 46.0 Å². The smallest absolute Gasteiger partial charge is 0.121 e. The maximum atomic E-state index is 10.4. The fourth-order valence-corrected chi connectivity index (χ4v) is 2.37. The van der Waals surface area contributed by atoms with Crippen molar-refractivity contribution in [2.45, 2.75) is 13.0 Å². The highest BCUT2D eigenvalue weighted by molar-refractivity contribution is 9.10. The Morgan fingerprint density at radius 1 is 1.10 bits per heavy atom. The summed E-state index contributed by atoms with van der Waals surface area (Å²) in [5, 5.41) is 11.4. The van der Waals surface area contributed by atoms with Crippen LogP contribution in [0.25, 0.3) is 10.9 Å². The van der Waals surface area contributed by atoms with Crippen molar-refractivity contribution in [3.63, 3.8) is 0 Å². The second kappa shape index (κ2) is 5.31. The van der Waals surface area contributed by atoms with Crippen molar-refractivity contribution >= 4 is 26.8 Å². The van der Waals surface area contributed by atoms with Gasteiger partial charge in [0.15, 0.2) is 0 Å². The fourth-order valence-electron chi connectivity index (χ4n) is 2.14. The highest BCUT2D eigenvalue weighted by atomic mass is 79.9. The second-order valence-corrected chi connectivity index (χ2v) is 5.62. The lowest BCUT2D eigenvalue weighted by atomic mass is 10.0. The number of fused-ring (bicyclic) bond motifs is 1. The van der Waals surface area contributed by atoms with Gasteiger partial charge in [-0.05, 0) is 58.7 Å². The zero-order valence-corrected chi connectivity index (χ0v) is 12.5. The quantitative estimate of drug-likeness (QED) is 0.778. The predicted molar refractivity (Wildman–Crippen MR) is 82.5 cm³/mol. The molecule has 0 aliphatic heterocycles. The van der Waals surface area contributed by atoms with Gasteiger partial charge in [-0.25, -0.2) is 0 Å². The van der Waals surface area contributed by atoms with E-state index in [0.29, 0.717) is 5.69 Å². The molecule has 0 saturated heterocycles. The Morgan fingerprint density at radius 3 is 2.70 bits per heavy atom. The number of hydrogen-bond donors (Lipinski definition) is 1. The number of nitrogens with zero attached hydrogens (tertiary/aromatic N) is 2. The first kappa shape index (κ1) is 13.2. The number of hydrogen-bond acceptors (Lipinski definition) is 3. The summed E-state index contributed by atoms with van der Waals surface area (Å²) in [6.07, 6.45) is 0.957. The molecule has 20 heavy (non-hydrogen) atoms. The molecule has 0 saturated carbocycles. The molecule has 0 amide bonds. The van der Waals surface area contributed by atoms with E-state index in [-0.39, 0.29) is 0 Å². The van der Waals surface area contributed by atoms with Gasteiger partial charge < -0.3 is 5.11 Å². The number of aromatic nitrogens is 2. The number of halogens is 1. The van der Waals surface area contributed by atoms with Gasteiger partial charge >= 0.3 is 0 Å². The Kier molecular flexibility index (Phi) is 3.51. The van der Waals surface area contributed by atoms with Crippen molar-refractivity contribution in [2.24, 2.45) is 0 Å². The third-order valence-electron chi connectivity index (χ3n) is 3.20. The zero-order valence-electron chi connectivity index (χ0n) is 10.9. The van der Waals surface area contributed by atoms with Crippen molar-refractivity contribution < 1.29 is 5.11 Å². The molecule has 100 valence electrons. The van der Waals surface area contributed by atoms with Crippen LogP contribution in [0.3, 0.4) is 0 Å². The molecule has 0 aliphatic rings. The highest BCUT2D eigenvalue weighted by Crippen LogP contribution is 2.24. The molecule has 0 fully saturated rings. The molecule has 1 unspecified atom stereocenters. The average molecular weight is 329 g/mol. The standard InChI is InChI=1S/C16H13BrN2O/c1-10-2-3-11-8-12(4-6-14(11)19-10)16(20)15-7-5-13(17)9-18-15/h2-9,16,20H,1H3. The largest absolute Gasteiger partial charge is 0.382 e. The molecule has 0 bridgehead atoms.